The van der Waals surface area contributed by atoms with Crippen LogP contribution in [0.3, 0.4) is 0 Å². The van der Waals surface area contributed by atoms with Crippen LogP contribution in [0.4, 0.5) is 0 Å². The van der Waals surface area contributed by atoms with Crippen LogP contribution in [0.25, 0.3) is 0 Å². The summed E-state index contributed by atoms with van der Waals surface area (Å²) in [5, 5.41) is 12.9. The van der Waals surface area contributed by atoms with E-state index in [4.69, 9.17) is 4.42 Å². The first-order chi connectivity index (χ1) is 5.88. The summed E-state index contributed by atoms with van der Waals surface area (Å²) in [5.74, 6) is 0.287. The number of oxazole rings is 1. The molecule has 2 N–H and O–H groups in total. The maximum atomic E-state index is 9.75. The van der Waals surface area contributed by atoms with Crippen molar-refractivity contribution in [2.45, 2.75) is 12.5 Å². The largest absolute Gasteiger partial charge is 0.451 e. The summed E-state index contributed by atoms with van der Waals surface area (Å²) >= 11 is 0. The quantitative estimate of drug-likeness (QED) is 0.667. The molecule has 2 unspecified atom stereocenters. The fourth-order valence-corrected chi connectivity index (χ4v) is 1.56. The average molecular weight is 168 g/mol. The van der Waals surface area contributed by atoms with Crippen molar-refractivity contribution in [1.82, 2.24) is 10.3 Å². The molecular weight excluding hydrogens is 156 g/mol. The first-order valence-corrected chi connectivity index (χ1v) is 4.15. The highest BCUT2D eigenvalue weighted by Crippen LogP contribution is 2.24. The highest BCUT2D eigenvalue weighted by atomic mass is 16.3. The van der Waals surface area contributed by atoms with Gasteiger partial charge in [0.05, 0.1) is 0 Å². The van der Waals surface area contributed by atoms with E-state index >= 15 is 0 Å². The predicted molar refractivity (Wildman–Crippen MR) is 42.4 cm³/mol. The molecule has 0 amide bonds. The maximum Gasteiger partial charge on any atom is 0.180 e. The lowest BCUT2D eigenvalue weighted by molar-refractivity contribution is 0.114. The lowest BCUT2D eigenvalue weighted by Crippen LogP contribution is -2.16. The third-order valence-electron chi connectivity index (χ3n) is 2.30. The van der Waals surface area contributed by atoms with E-state index in [1.165, 1.54) is 12.7 Å². The van der Waals surface area contributed by atoms with Crippen LogP contribution >= 0.6 is 0 Å². The van der Waals surface area contributed by atoms with Crippen LogP contribution in [0.1, 0.15) is 18.2 Å². The Morgan fingerprint density at radius 2 is 2.67 bits per heavy atom. The van der Waals surface area contributed by atoms with Crippen LogP contribution in [0, 0.1) is 5.92 Å². The zero-order chi connectivity index (χ0) is 8.39. The molecule has 4 heteroatoms. The van der Waals surface area contributed by atoms with Gasteiger partial charge in [0.25, 0.3) is 0 Å². The topological polar surface area (TPSA) is 58.3 Å². The molecule has 0 bridgehead atoms. The van der Waals surface area contributed by atoms with Gasteiger partial charge in [-0.15, -0.1) is 0 Å². The number of nitrogens with one attached hydrogen (secondary N) is 1. The van der Waals surface area contributed by atoms with Gasteiger partial charge in [-0.1, -0.05) is 0 Å². The molecule has 1 fully saturated rings. The lowest BCUT2D eigenvalue weighted by Gasteiger charge is -2.13. The Kier molecular flexibility index (Phi) is 2.10. The Hall–Kier alpha value is -0.870. The summed E-state index contributed by atoms with van der Waals surface area (Å²) in [7, 11) is 0. The minimum absolute atomic E-state index is 0.287. The van der Waals surface area contributed by atoms with Crippen LogP contribution in [0.15, 0.2) is 17.1 Å². The van der Waals surface area contributed by atoms with E-state index in [0.717, 1.165) is 19.5 Å². The normalized spacial score (nSPS) is 25.9. The van der Waals surface area contributed by atoms with Crippen LogP contribution in [0.2, 0.25) is 0 Å². The van der Waals surface area contributed by atoms with Crippen molar-refractivity contribution in [3.8, 4) is 0 Å². The van der Waals surface area contributed by atoms with Gasteiger partial charge < -0.3 is 14.8 Å². The van der Waals surface area contributed by atoms with Gasteiger partial charge >= 0.3 is 0 Å². The summed E-state index contributed by atoms with van der Waals surface area (Å²) in [6, 6.07) is 0. The number of hydrogen-bond donors (Lipinski definition) is 2. The summed E-state index contributed by atoms with van der Waals surface area (Å²) in [6.07, 6.45) is 3.39. The molecule has 1 aromatic heterocycles. The molecule has 0 aliphatic carbocycles. The fourth-order valence-electron chi connectivity index (χ4n) is 1.56. The molecule has 0 radical (unpaired) electrons. The molecule has 2 rings (SSSR count). The van der Waals surface area contributed by atoms with Crippen molar-refractivity contribution in [3.05, 3.63) is 18.4 Å². The lowest BCUT2D eigenvalue weighted by atomic mass is 10.00. The number of hydrogen-bond acceptors (Lipinski definition) is 4. The zero-order valence-electron chi connectivity index (χ0n) is 6.73. The fraction of sp³-hybridized carbons (Fsp3) is 0.625. The molecule has 1 aliphatic rings. The van der Waals surface area contributed by atoms with E-state index in [1.54, 1.807) is 0 Å². The molecule has 0 spiro atoms. The van der Waals surface area contributed by atoms with E-state index in [1.807, 2.05) is 0 Å². The first kappa shape index (κ1) is 7.76. The van der Waals surface area contributed by atoms with Gasteiger partial charge in [0.2, 0.25) is 0 Å². The number of aliphatic hydroxyl groups is 1. The van der Waals surface area contributed by atoms with Crippen molar-refractivity contribution in [2.24, 2.45) is 5.92 Å². The third kappa shape index (κ3) is 1.35. The van der Waals surface area contributed by atoms with E-state index in [9.17, 15) is 5.11 Å². The number of rotatable bonds is 2. The summed E-state index contributed by atoms with van der Waals surface area (Å²) < 4.78 is 4.80. The molecule has 1 saturated heterocycles. The second-order valence-electron chi connectivity index (χ2n) is 3.11. The number of aromatic nitrogens is 1. The van der Waals surface area contributed by atoms with Crippen molar-refractivity contribution in [2.75, 3.05) is 13.1 Å². The molecule has 0 saturated carbocycles. The Balaban J connectivity index is 2.04. The first-order valence-electron chi connectivity index (χ1n) is 4.15. The van der Waals surface area contributed by atoms with E-state index in [0.29, 0.717) is 5.69 Å². The molecule has 12 heavy (non-hydrogen) atoms. The summed E-state index contributed by atoms with van der Waals surface area (Å²) in [6.45, 7) is 1.85. The highest BCUT2D eigenvalue weighted by molar-refractivity contribution is 4.99. The van der Waals surface area contributed by atoms with Crippen molar-refractivity contribution in [1.29, 1.82) is 0 Å². The van der Waals surface area contributed by atoms with Gasteiger partial charge in [-0.2, -0.15) is 0 Å². The van der Waals surface area contributed by atoms with Gasteiger partial charge in [0.1, 0.15) is 18.1 Å². The SMILES string of the molecule is OC(c1cocn1)C1CCNC1. The van der Waals surface area contributed by atoms with Crippen LogP contribution < -0.4 is 5.32 Å². The Labute approximate surface area is 70.6 Å². The Morgan fingerprint density at radius 1 is 1.75 bits per heavy atom. The number of nitrogens with zero attached hydrogens (tertiary/aromatic N) is 1. The maximum absolute atomic E-state index is 9.75. The molecule has 0 aromatic carbocycles. The van der Waals surface area contributed by atoms with Gasteiger partial charge in [-0.3, -0.25) is 0 Å². The smallest absolute Gasteiger partial charge is 0.180 e. The molecule has 4 nitrogen and oxygen atoms in total. The van der Waals surface area contributed by atoms with Gasteiger partial charge in [0.15, 0.2) is 6.39 Å². The monoisotopic (exact) mass is 168 g/mol. The molecule has 1 aliphatic heterocycles. The van der Waals surface area contributed by atoms with Crippen molar-refractivity contribution < 1.29 is 9.52 Å². The molecule has 1 aromatic rings. The Bertz CT molecular complexity index is 229. The minimum Gasteiger partial charge on any atom is -0.451 e. The van der Waals surface area contributed by atoms with Crippen LogP contribution in [-0.2, 0) is 0 Å². The molecule has 2 atom stereocenters. The van der Waals surface area contributed by atoms with Crippen LogP contribution in [-0.4, -0.2) is 23.2 Å². The average Bonchev–Trinajstić information content (AvgIpc) is 2.77. The van der Waals surface area contributed by atoms with Gasteiger partial charge in [-0.05, 0) is 13.0 Å². The van der Waals surface area contributed by atoms with Gasteiger partial charge in [0, 0.05) is 12.5 Å². The van der Waals surface area contributed by atoms with E-state index < -0.39 is 6.10 Å². The Morgan fingerprint density at radius 3 is 3.25 bits per heavy atom. The summed E-state index contributed by atoms with van der Waals surface area (Å²) in [4.78, 5) is 3.92. The summed E-state index contributed by atoms with van der Waals surface area (Å²) in [5.41, 5.74) is 0.642. The molecule has 2 heterocycles. The van der Waals surface area contributed by atoms with Crippen LogP contribution in [0.5, 0.6) is 0 Å². The highest BCUT2D eigenvalue weighted by Gasteiger charge is 2.25. The second kappa shape index (κ2) is 3.25. The standard InChI is InChI=1S/C8H12N2O2/c11-8(6-1-2-9-3-6)7-4-12-5-10-7/h4-6,8-9,11H,1-3H2. The van der Waals surface area contributed by atoms with E-state index in [2.05, 4.69) is 10.3 Å². The predicted octanol–water partition coefficient (Wildman–Crippen LogP) is 0.317. The molecule has 66 valence electrons. The zero-order valence-corrected chi connectivity index (χ0v) is 6.73. The number of aliphatic hydroxyl groups excluding tert-OH is 1. The van der Waals surface area contributed by atoms with Gasteiger partial charge in [-0.25, -0.2) is 4.98 Å². The third-order valence-corrected chi connectivity index (χ3v) is 2.30. The second-order valence-corrected chi connectivity index (χ2v) is 3.11. The minimum atomic E-state index is -0.473. The van der Waals surface area contributed by atoms with Crippen molar-refractivity contribution >= 4 is 0 Å². The molecular formula is C8H12N2O2. The van der Waals surface area contributed by atoms with E-state index in [-0.39, 0.29) is 5.92 Å². The van der Waals surface area contributed by atoms with Crippen molar-refractivity contribution in [3.63, 3.8) is 0 Å².